The van der Waals surface area contributed by atoms with Crippen LogP contribution in [-0.4, -0.2) is 8.42 Å². The zero-order valence-corrected chi connectivity index (χ0v) is 13.0. The summed E-state index contributed by atoms with van der Waals surface area (Å²) in [6.07, 6.45) is 0. The standard InChI is InChI=1S/C18H17NO2S/c1-14(15-7-3-2-4-8-15)19-22(20,21)18-12-11-16-9-5-6-10-17(16)13-18/h2-14,19H,1H3/t14-/m0/s1. The molecule has 1 N–H and O–H groups in total. The molecule has 112 valence electrons. The number of benzene rings is 3. The van der Waals surface area contributed by atoms with E-state index >= 15 is 0 Å². The first-order valence-corrected chi connectivity index (χ1v) is 8.61. The average Bonchev–Trinajstić information content (AvgIpc) is 2.55. The minimum Gasteiger partial charge on any atom is -0.207 e. The molecule has 0 aliphatic rings. The number of hydrogen-bond acceptors (Lipinski definition) is 2. The molecule has 4 heteroatoms. The summed E-state index contributed by atoms with van der Waals surface area (Å²) < 4.78 is 27.8. The molecular formula is C18H17NO2S. The van der Waals surface area contributed by atoms with Crippen molar-refractivity contribution in [2.75, 3.05) is 0 Å². The topological polar surface area (TPSA) is 46.2 Å². The van der Waals surface area contributed by atoms with Crippen molar-refractivity contribution in [2.24, 2.45) is 0 Å². The van der Waals surface area contributed by atoms with E-state index in [1.165, 1.54) is 0 Å². The normalized spacial score (nSPS) is 13.1. The fraction of sp³-hybridized carbons (Fsp3) is 0.111. The van der Waals surface area contributed by atoms with Crippen molar-refractivity contribution >= 4 is 20.8 Å². The van der Waals surface area contributed by atoms with Crippen LogP contribution in [0.3, 0.4) is 0 Å². The molecule has 0 fully saturated rings. The van der Waals surface area contributed by atoms with E-state index in [9.17, 15) is 8.42 Å². The molecule has 0 radical (unpaired) electrons. The van der Waals surface area contributed by atoms with E-state index in [2.05, 4.69) is 4.72 Å². The highest BCUT2D eigenvalue weighted by Gasteiger charge is 2.18. The van der Waals surface area contributed by atoms with Crippen LogP contribution < -0.4 is 4.72 Å². The Morgan fingerprint density at radius 3 is 2.18 bits per heavy atom. The fourth-order valence-corrected chi connectivity index (χ4v) is 3.71. The molecule has 3 aromatic rings. The monoisotopic (exact) mass is 311 g/mol. The van der Waals surface area contributed by atoms with E-state index < -0.39 is 10.0 Å². The molecule has 0 heterocycles. The molecule has 0 bridgehead atoms. The van der Waals surface area contributed by atoms with Crippen molar-refractivity contribution < 1.29 is 8.42 Å². The molecule has 0 aliphatic carbocycles. The predicted molar refractivity (Wildman–Crippen MR) is 89.1 cm³/mol. The van der Waals surface area contributed by atoms with Gasteiger partial charge in [-0.25, -0.2) is 13.1 Å². The fourth-order valence-electron chi connectivity index (χ4n) is 2.45. The summed E-state index contributed by atoms with van der Waals surface area (Å²) in [7, 11) is -3.55. The van der Waals surface area contributed by atoms with E-state index in [0.29, 0.717) is 0 Å². The van der Waals surface area contributed by atoms with Crippen LogP contribution in [0.4, 0.5) is 0 Å². The maximum absolute atomic E-state index is 12.5. The van der Waals surface area contributed by atoms with Gasteiger partial charge in [0.25, 0.3) is 0 Å². The summed E-state index contributed by atoms with van der Waals surface area (Å²) in [4.78, 5) is 0.286. The van der Waals surface area contributed by atoms with Gasteiger partial charge in [-0.2, -0.15) is 0 Å². The quantitative estimate of drug-likeness (QED) is 0.795. The van der Waals surface area contributed by atoms with Gasteiger partial charge in [0.15, 0.2) is 0 Å². The molecule has 1 atom stereocenters. The number of hydrogen-bond donors (Lipinski definition) is 1. The Balaban J connectivity index is 1.91. The molecule has 0 saturated carbocycles. The highest BCUT2D eigenvalue weighted by molar-refractivity contribution is 7.89. The van der Waals surface area contributed by atoms with Crippen molar-refractivity contribution in [2.45, 2.75) is 17.9 Å². The Bertz CT molecular complexity index is 889. The highest BCUT2D eigenvalue weighted by Crippen LogP contribution is 2.21. The minimum atomic E-state index is -3.55. The van der Waals surface area contributed by atoms with Gasteiger partial charge in [0.2, 0.25) is 10.0 Å². The molecule has 22 heavy (non-hydrogen) atoms. The third-order valence-electron chi connectivity index (χ3n) is 3.66. The van der Waals surface area contributed by atoms with Gasteiger partial charge in [-0.1, -0.05) is 60.7 Å². The molecule has 3 aromatic carbocycles. The first-order chi connectivity index (χ1) is 10.6. The van der Waals surface area contributed by atoms with E-state index in [1.807, 2.05) is 67.6 Å². The summed E-state index contributed by atoms with van der Waals surface area (Å²) >= 11 is 0. The van der Waals surface area contributed by atoms with Crippen LogP contribution in [0.5, 0.6) is 0 Å². The Labute approximate surface area is 130 Å². The number of rotatable bonds is 4. The second kappa shape index (κ2) is 5.91. The van der Waals surface area contributed by atoms with Crippen LogP contribution >= 0.6 is 0 Å². The highest BCUT2D eigenvalue weighted by atomic mass is 32.2. The Morgan fingerprint density at radius 2 is 1.45 bits per heavy atom. The third kappa shape index (κ3) is 3.03. The second-order valence-electron chi connectivity index (χ2n) is 5.26. The summed E-state index contributed by atoms with van der Waals surface area (Å²) in [6.45, 7) is 1.84. The van der Waals surface area contributed by atoms with Gasteiger partial charge in [0, 0.05) is 6.04 Å². The summed E-state index contributed by atoms with van der Waals surface area (Å²) in [5.74, 6) is 0. The maximum atomic E-state index is 12.5. The van der Waals surface area contributed by atoms with Crippen molar-refractivity contribution in [1.29, 1.82) is 0 Å². The minimum absolute atomic E-state index is 0.280. The first kappa shape index (κ1) is 14.8. The van der Waals surface area contributed by atoms with E-state index in [4.69, 9.17) is 0 Å². The summed E-state index contributed by atoms with van der Waals surface area (Å²) in [5.41, 5.74) is 0.937. The van der Waals surface area contributed by atoms with Crippen LogP contribution in [0.15, 0.2) is 77.7 Å². The van der Waals surface area contributed by atoms with Crippen LogP contribution in [0.2, 0.25) is 0 Å². The van der Waals surface area contributed by atoms with Gasteiger partial charge < -0.3 is 0 Å². The SMILES string of the molecule is C[C@H](NS(=O)(=O)c1ccc2ccccc2c1)c1ccccc1. The van der Waals surface area contributed by atoms with Gasteiger partial charge in [0.1, 0.15) is 0 Å². The van der Waals surface area contributed by atoms with Crippen molar-refractivity contribution in [3.05, 3.63) is 78.4 Å². The molecule has 0 aliphatic heterocycles. The van der Waals surface area contributed by atoms with E-state index in [-0.39, 0.29) is 10.9 Å². The number of sulfonamides is 1. The molecule has 0 amide bonds. The van der Waals surface area contributed by atoms with Crippen LogP contribution in [-0.2, 0) is 10.0 Å². The first-order valence-electron chi connectivity index (χ1n) is 7.12. The second-order valence-corrected chi connectivity index (χ2v) is 6.98. The van der Waals surface area contributed by atoms with Crippen LogP contribution in [0.1, 0.15) is 18.5 Å². The number of nitrogens with one attached hydrogen (secondary N) is 1. The molecule has 3 rings (SSSR count). The van der Waals surface area contributed by atoms with Crippen LogP contribution in [0, 0.1) is 0 Å². The Kier molecular flexibility index (Phi) is 3.96. The van der Waals surface area contributed by atoms with Gasteiger partial charge in [-0.05, 0) is 35.4 Å². The Hall–Kier alpha value is -2.17. The largest absolute Gasteiger partial charge is 0.241 e. The maximum Gasteiger partial charge on any atom is 0.241 e. The predicted octanol–water partition coefficient (Wildman–Crippen LogP) is 3.88. The van der Waals surface area contributed by atoms with Crippen molar-refractivity contribution in [3.8, 4) is 0 Å². The summed E-state index contributed by atoms with van der Waals surface area (Å²) in [5, 5.41) is 1.94. The van der Waals surface area contributed by atoms with Gasteiger partial charge in [-0.15, -0.1) is 0 Å². The molecule has 0 saturated heterocycles. The average molecular weight is 311 g/mol. The number of fused-ring (bicyclic) bond motifs is 1. The summed E-state index contributed by atoms with van der Waals surface area (Å²) in [6, 6.07) is 22.1. The van der Waals surface area contributed by atoms with Gasteiger partial charge >= 0.3 is 0 Å². The zero-order chi connectivity index (χ0) is 15.6. The van der Waals surface area contributed by atoms with Crippen molar-refractivity contribution in [1.82, 2.24) is 4.72 Å². The Morgan fingerprint density at radius 1 is 0.818 bits per heavy atom. The van der Waals surface area contributed by atoms with Crippen LogP contribution in [0.25, 0.3) is 10.8 Å². The lowest BCUT2D eigenvalue weighted by molar-refractivity contribution is 0.567. The smallest absolute Gasteiger partial charge is 0.207 e. The molecular weight excluding hydrogens is 294 g/mol. The van der Waals surface area contributed by atoms with E-state index in [0.717, 1.165) is 16.3 Å². The molecule has 0 spiro atoms. The van der Waals surface area contributed by atoms with Crippen molar-refractivity contribution in [3.63, 3.8) is 0 Å². The van der Waals surface area contributed by atoms with E-state index in [1.54, 1.807) is 12.1 Å². The molecule has 0 aromatic heterocycles. The lowest BCUT2D eigenvalue weighted by Gasteiger charge is -2.15. The zero-order valence-electron chi connectivity index (χ0n) is 12.2. The lowest BCUT2D eigenvalue weighted by atomic mass is 10.1. The third-order valence-corrected chi connectivity index (χ3v) is 5.20. The van der Waals surface area contributed by atoms with Gasteiger partial charge in [0.05, 0.1) is 4.90 Å². The molecule has 0 unspecified atom stereocenters. The molecule has 3 nitrogen and oxygen atoms in total. The lowest BCUT2D eigenvalue weighted by Crippen LogP contribution is -2.26. The van der Waals surface area contributed by atoms with Gasteiger partial charge in [-0.3, -0.25) is 0 Å².